The molecule has 0 aliphatic heterocycles. The average Bonchev–Trinajstić information content (AvgIpc) is 2.52. The third kappa shape index (κ3) is 3.40. The van der Waals surface area contributed by atoms with E-state index in [1.807, 2.05) is 0 Å². The molecule has 3 heteroatoms. The summed E-state index contributed by atoms with van der Waals surface area (Å²) in [6.07, 6.45) is 6.96. The predicted molar refractivity (Wildman–Crippen MR) is 96.1 cm³/mol. The highest BCUT2D eigenvalue weighted by Gasteiger charge is 2.64. The Bertz CT molecular complexity index is 226. The molecule has 0 bridgehead atoms. The summed E-state index contributed by atoms with van der Waals surface area (Å²) in [5.41, 5.74) is 0. The molecule has 128 valence electrons. The van der Waals surface area contributed by atoms with Crippen molar-refractivity contribution in [2.45, 2.75) is 104 Å². The Morgan fingerprint density at radius 3 is 0.905 bits per heavy atom. The van der Waals surface area contributed by atoms with Gasteiger partial charge >= 0.3 is 8.56 Å². The van der Waals surface area contributed by atoms with Crippen molar-refractivity contribution in [3.8, 4) is 0 Å². The molecule has 0 aliphatic rings. The van der Waals surface area contributed by atoms with Gasteiger partial charge in [0.1, 0.15) is 0 Å². The fraction of sp³-hybridized carbons (Fsp3) is 1.00. The zero-order valence-electron chi connectivity index (χ0n) is 16.0. The highest BCUT2D eigenvalue weighted by molar-refractivity contribution is 6.74. The molecule has 0 radical (unpaired) electrons. The molecule has 0 fully saturated rings. The normalized spacial score (nSPS) is 13.7. The third-order valence-electron chi connectivity index (χ3n) is 6.15. The molecular weight excluding hydrogens is 276 g/mol. The van der Waals surface area contributed by atoms with Crippen LogP contribution in [0.5, 0.6) is 0 Å². The third-order valence-corrected chi connectivity index (χ3v) is 12.5. The molecule has 0 atom stereocenters. The van der Waals surface area contributed by atoms with E-state index in [1.165, 1.54) is 0 Å². The largest absolute Gasteiger partial charge is 0.394 e. The maximum atomic E-state index is 6.66. The van der Waals surface area contributed by atoms with Crippen molar-refractivity contribution in [2.75, 3.05) is 13.2 Å². The summed E-state index contributed by atoms with van der Waals surface area (Å²) in [5.74, 6) is 0. The Kier molecular flexibility index (Phi) is 9.38. The van der Waals surface area contributed by atoms with Crippen LogP contribution in [0.1, 0.15) is 93.9 Å². The molecule has 0 unspecified atom stereocenters. The van der Waals surface area contributed by atoms with E-state index in [2.05, 4.69) is 55.4 Å². The first-order valence-electron chi connectivity index (χ1n) is 9.26. The van der Waals surface area contributed by atoms with Gasteiger partial charge in [-0.05, 0) is 52.4 Å². The maximum Gasteiger partial charge on any atom is 0.350 e. The van der Waals surface area contributed by atoms with Crippen LogP contribution in [0.3, 0.4) is 0 Å². The zero-order chi connectivity index (χ0) is 16.6. The van der Waals surface area contributed by atoms with Gasteiger partial charge in [0.25, 0.3) is 0 Å². The van der Waals surface area contributed by atoms with Crippen LogP contribution in [0.25, 0.3) is 0 Å². The van der Waals surface area contributed by atoms with Gasteiger partial charge in [-0.3, -0.25) is 0 Å². The topological polar surface area (TPSA) is 18.5 Å². The zero-order valence-corrected chi connectivity index (χ0v) is 17.0. The van der Waals surface area contributed by atoms with Gasteiger partial charge in [0.15, 0.2) is 0 Å². The smallest absolute Gasteiger partial charge is 0.350 e. The number of hydrogen-bond acceptors (Lipinski definition) is 2. The minimum absolute atomic E-state index is 0.223. The molecule has 0 saturated carbocycles. The first kappa shape index (κ1) is 21.1. The SMILES string of the molecule is CCO[Si](OCC)(C(CC)(CC)CC)C(CC)(CC)CC. The van der Waals surface area contributed by atoms with E-state index in [4.69, 9.17) is 8.85 Å². The van der Waals surface area contributed by atoms with Crippen LogP contribution in [-0.2, 0) is 8.85 Å². The van der Waals surface area contributed by atoms with Gasteiger partial charge < -0.3 is 8.85 Å². The van der Waals surface area contributed by atoms with Gasteiger partial charge in [-0.1, -0.05) is 41.5 Å². The average molecular weight is 317 g/mol. The van der Waals surface area contributed by atoms with Crippen LogP contribution < -0.4 is 0 Å². The molecule has 0 aromatic rings. The van der Waals surface area contributed by atoms with Crippen molar-refractivity contribution in [3.63, 3.8) is 0 Å². The first-order valence-corrected chi connectivity index (χ1v) is 11.1. The van der Waals surface area contributed by atoms with Gasteiger partial charge in [-0.15, -0.1) is 0 Å². The lowest BCUT2D eigenvalue weighted by atomic mass is 9.97. The molecule has 0 heterocycles. The molecule has 21 heavy (non-hydrogen) atoms. The van der Waals surface area contributed by atoms with E-state index in [0.29, 0.717) is 0 Å². The van der Waals surface area contributed by atoms with Gasteiger partial charge in [0.05, 0.1) is 0 Å². The van der Waals surface area contributed by atoms with Crippen molar-refractivity contribution in [1.82, 2.24) is 0 Å². The Morgan fingerprint density at radius 1 is 0.524 bits per heavy atom. The van der Waals surface area contributed by atoms with Gasteiger partial charge in [0, 0.05) is 23.3 Å². The Hall–Kier alpha value is 0.137. The van der Waals surface area contributed by atoms with Crippen molar-refractivity contribution in [2.24, 2.45) is 0 Å². The lowest BCUT2D eigenvalue weighted by Crippen LogP contribution is -2.62. The second-order valence-corrected chi connectivity index (χ2v) is 10.1. The number of rotatable bonds is 12. The fourth-order valence-corrected chi connectivity index (χ4v) is 10.6. The van der Waals surface area contributed by atoms with Crippen LogP contribution in [0, 0.1) is 0 Å². The maximum absolute atomic E-state index is 6.66. The van der Waals surface area contributed by atoms with Crippen LogP contribution >= 0.6 is 0 Å². The monoisotopic (exact) mass is 316 g/mol. The van der Waals surface area contributed by atoms with Crippen LogP contribution in [0.2, 0.25) is 10.1 Å². The summed E-state index contributed by atoms with van der Waals surface area (Å²) in [6, 6.07) is 0. The summed E-state index contributed by atoms with van der Waals surface area (Å²) >= 11 is 0. The molecule has 0 N–H and O–H groups in total. The number of hydrogen-bond donors (Lipinski definition) is 0. The van der Waals surface area contributed by atoms with E-state index < -0.39 is 8.56 Å². The Morgan fingerprint density at radius 2 is 0.762 bits per heavy atom. The summed E-state index contributed by atoms with van der Waals surface area (Å²) in [7, 11) is -2.35. The first-order chi connectivity index (χ1) is 9.99. The quantitative estimate of drug-likeness (QED) is 0.385. The van der Waals surface area contributed by atoms with Crippen molar-refractivity contribution < 1.29 is 8.85 Å². The van der Waals surface area contributed by atoms with Crippen molar-refractivity contribution in [3.05, 3.63) is 0 Å². The van der Waals surface area contributed by atoms with Gasteiger partial charge in [0.2, 0.25) is 0 Å². The molecule has 2 nitrogen and oxygen atoms in total. The highest BCUT2D eigenvalue weighted by Crippen LogP contribution is 2.62. The minimum Gasteiger partial charge on any atom is -0.394 e. The van der Waals surface area contributed by atoms with Crippen LogP contribution in [0.4, 0.5) is 0 Å². The molecule has 0 rings (SSSR count). The van der Waals surface area contributed by atoms with Crippen LogP contribution in [-0.4, -0.2) is 21.8 Å². The molecule has 0 aliphatic carbocycles. The summed E-state index contributed by atoms with van der Waals surface area (Å²) in [6.45, 7) is 19.8. The lowest BCUT2D eigenvalue weighted by Gasteiger charge is -2.56. The minimum atomic E-state index is -2.35. The summed E-state index contributed by atoms with van der Waals surface area (Å²) in [5, 5.41) is 0.447. The molecular formula is C18H40O2Si. The predicted octanol–water partition coefficient (Wildman–Crippen LogP) is 6.44. The molecule has 0 spiro atoms. The van der Waals surface area contributed by atoms with Gasteiger partial charge in [-0.25, -0.2) is 0 Å². The van der Waals surface area contributed by atoms with E-state index in [9.17, 15) is 0 Å². The van der Waals surface area contributed by atoms with Crippen molar-refractivity contribution >= 4 is 8.56 Å². The Labute approximate surface area is 135 Å². The van der Waals surface area contributed by atoms with Crippen LogP contribution in [0.15, 0.2) is 0 Å². The van der Waals surface area contributed by atoms with E-state index >= 15 is 0 Å². The molecule has 0 aromatic heterocycles. The standard InChI is InChI=1S/C18H40O2Si/c1-9-17(10-2,11-3)21(19-15-7,20-16-8)18(12-4,13-5)14-6/h9-16H2,1-8H3. The van der Waals surface area contributed by atoms with E-state index in [-0.39, 0.29) is 10.1 Å². The second-order valence-electron chi connectivity index (χ2n) is 6.16. The fourth-order valence-electron chi connectivity index (χ4n) is 4.52. The van der Waals surface area contributed by atoms with Gasteiger partial charge in [-0.2, -0.15) is 0 Å². The molecule has 0 saturated heterocycles. The second kappa shape index (κ2) is 9.31. The lowest BCUT2D eigenvalue weighted by molar-refractivity contribution is 0.108. The Balaban J connectivity index is 6.30. The summed E-state index contributed by atoms with van der Waals surface area (Å²) < 4.78 is 13.3. The van der Waals surface area contributed by atoms with E-state index in [0.717, 1.165) is 51.7 Å². The van der Waals surface area contributed by atoms with E-state index in [1.54, 1.807) is 0 Å². The van der Waals surface area contributed by atoms with Crippen molar-refractivity contribution in [1.29, 1.82) is 0 Å². The molecule has 0 amide bonds. The highest BCUT2D eigenvalue weighted by atomic mass is 28.4. The molecule has 0 aromatic carbocycles. The summed E-state index contributed by atoms with van der Waals surface area (Å²) in [4.78, 5) is 0.